The molecule has 4 heteroatoms. The van der Waals surface area contributed by atoms with Gasteiger partial charge in [-0.25, -0.2) is 9.55 Å². The Morgan fingerprint density at radius 3 is 2.81 bits per heavy atom. The van der Waals surface area contributed by atoms with Gasteiger partial charge < -0.3 is 0 Å². The molecule has 0 aliphatic carbocycles. The number of aromatic nitrogens is 4. The van der Waals surface area contributed by atoms with E-state index in [0.29, 0.717) is 0 Å². The maximum Gasteiger partial charge on any atom is 0.271 e. The molecule has 0 bridgehead atoms. The Morgan fingerprint density at radius 1 is 1.05 bits per heavy atom. The van der Waals surface area contributed by atoms with Crippen molar-refractivity contribution >= 4 is 22.2 Å². The molecule has 0 spiro atoms. The first-order chi connectivity index (χ1) is 10.3. The molecule has 4 nitrogen and oxygen atoms in total. The van der Waals surface area contributed by atoms with Crippen molar-refractivity contribution in [2.24, 2.45) is 14.1 Å². The molecular weight excluding hydrogens is 260 g/mol. The maximum atomic E-state index is 4.60. The Morgan fingerprint density at radius 2 is 1.90 bits per heavy atom. The van der Waals surface area contributed by atoms with Gasteiger partial charge in [-0.15, -0.1) is 0 Å². The average molecular weight is 275 g/mol. The molecule has 4 aromatic rings. The summed E-state index contributed by atoms with van der Waals surface area (Å²) < 4.78 is 6.95. The highest BCUT2D eigenvalue weighted by atomic mass is 15.2. The molecule has 5 rings (SSSR count). The van der Waals surface area contributed by atoms with Crippen LogP contribution in [0.4, 0.5) is 0 Å². The zero-order valence-corrected chi connectivity index (χ0v) is 12.0. The van der Waals surface area contributed by atoms with Gasteiger partial charge in [0.25, 0.3) is 5.65 Å². The summed E-state index contributed by atoms with van der Waals surface area (Å²) in [4.78, 5) is 4.60. The topological polar surface area (TPSA) is 26.6 Å². The highest BCUT2D eigenvalue weighted by Gasteiger charge is 2.34. The minimum absolute atomic E-state index is 0.938. The number of hydrogen-bond donors (Lipinski definition) is 0. The van der Waals surface area contributed by atoms with Crippen LogP contribution in [0.2, 0.25) is 0 Å². The van der Waals surface area contributed by atoms with Crippen molar-refractivity contribution in [1.82, 2.24) is 14.1 Å². The summed E-state index contributed by atoms with van der Waals surface area (Å²) in [5, 5.41) is 0. The fraction of sp³-hybridized carbons (Fsp3) is 0.176. The SMILES string of the molecule is Cn1c2[n+](c3c1c1ncccc1n3C)Cc1ccccc1-2. The molecule has 0 saturated carbocycles. The largest absolute Gasteiger partial charge is 0.271 e. The number of nitrogens with zero attached hydrogens (tertiary/aromatic N) is 4. The van der Waals surface area contributed by atoms with E-state index < -0.39 is 0 Å². The van der Waals surface area contributed by atoms with E-state index >= 15 is 0 Å². The summed E-state index contributed by atoms with van der Waals surface area (Å²) in [6.07, 6.45) is 1.87. The second-order valence-corrected chi connectivity index (χ2v) is 5.73. The molecule has 1 aromatic carbocycles. The quantitative estimate of drug-likeness (QED) is 0.399. The van der Waals surface area contributed by atoms with E-state index in [9.17, 15) is 0 Å². The molecule has 4 heterocycles. The highest BCUT2D eigenvalue weighted by Crippen LogP contribution is 2.33. The van der Waals surface area contributed by atoms with Crippen LogP contribution >= 0.6 is 0 Å². The molecular formula is C17H15N4+. The third kappa shape index (κ3) is 1.17. The van der Waals surface area contributed by atoms with Gasteiger partial charge in [-0.05, 0) is 18.2 Å². The Bertz CT molecular complexity index is 1040. The first kappa shape index (κ1) is 11.1. The maximum absolute atomic E-state index is 4.60. The zero-order chi connectivity index (χ0) is 14.1. The number of fused-ring (bicyclic) bond motifs is 7. The Balaban J connectivity index is 2.02. The monoisotopic (exact) mass is 275 g/mol. The van der Waals surface area contributed by atoms with E-state index in [1.807, 2.05) is 12.3 Å². The normalized spacial score (nSPS) is 13.0. The number of benzene rings is 1. The van der Waals surface area contributed by atoms with Crippen LogP contribution in [0.25, 0.3) is 33.6 Å². The van der Waals surface area contributed by atoms with Crippen molar-refractivity contribution in [3.8, 4) is 11.4 Å². The van der Waals surface area contributed by atoms with Gasteiger partial charge in [-0.1, -0.05) is 18.2 Å². The van der Waals surface area contributed by atoms with Crippen LogP contribution in [0, 0.1) is 0 Å². The third-order valence-corrected chi connectivity index (χ3v) is 4.65. The molecule has 1 aliphatic rings. The smallest absolute Gasteiger partial charge is 0.257 e. The number of pyridine rings is 1. The molecule has 1 aliphatic heterocycles. The number of rotatable bonds is 0. The lowest BCUT2D eigenvalue weighted by Crippen LogP contribution is -2.33. The predicted molar refractivity (Wildman–Crippen MR) is 81.9 cm³/mol. The molecule has 102 valence electrons. The molecule has 0 saturated heterocycles. The second kappa shape index (κ2) is 3.52. The van der Waals surface area contributed by atoms with E-state index in [0.717, 1.165) is 12.1 Å². The number of hydrogen-bond acceptors (Lipinski definition) is 1. The van der Waals surface area contributed by atoms with Gasteiger partial charge >= 0.3 is 0 Å². The van der Waals surface area contributed by atoms with E-state index in [2.05, 4.69) is 63.1 Å². The van der Waals surface area contributed by atoms with Gasteiger partial charge in [0, 0.05) is 11.8 Å². The van der Waals surface area contributed by atoms with Crippen LogP contribution in [0.5, 0.6) is 0 Å². The molecule has 0 N–H and O–H groups in total. The molecule has 3 aromatic heterocycles. The molecule has 0 radical (unpaired) electrons. The van der Waals surface area contributed by atoms with Crippen molar-refractivity contribution in [1.29, 1.82) is 0 Å². The fourth-order valence-corrected chi connectivity index (χ4v) is 3.76. The molecule has 0 atom stereocenters. The predicted octanol–water partition coefficient (Wildman–Crippen LogP) is 2.38. The van der Waals surface area contributed by atoms with Gasteiger partial charge in [0.2, 0.25) is 11.3 Å². The van der Waals surface area contributed by atoms with Gasteiger partial charge in [0.1, 0.15) is 11.0 Å². The fourth-order valence-electron chi connectivity index (χ4n) is 3.76. The van der Waals surface area contributed by atoms with E-state index in [1.165, 1.54) is 33.6 Å². The summed E-state index contributed by atoms with van der Waals surface area (Å²) in [5.74, 6) is 1.28. The molecule has 0 amide bonds. The standard InChI is InChI=1S/C17H15N4/c1-19-13-8-5-9-18-14(13)15-17(19)21-10-11-6-3-4-7-12(11)16(21)20(15)2/h3-9H,10H2,1-2H3/q+1. The highest BCUT2D eigenvalue weighted by molar-refractivity contribution is 6.02. The van der Waals surface area contributed by atoms with Crippen LogP contribution in [0.15, 0.2) is 42.6 Å². The van der Waals surface area contributed by atoms with Crippen molar-refractivity contribution < 1.29 is 4.57 Å². The van der Waals surface area contributed by atoms with Crippen LogP contribution in [-0.2, 0) is 20.6 Å². The van der Waals surface area contributed by atoms with E-state index in [1.54, 1.807) is 0 Å². The zero-order valence-electron chi connectivity index (χ0n) is 12.0. The Labute approximate surface area is 121 Å². The van der Waals surface area contributed by atoms with E-state index in [-0.39, 0.29) is 0 Å². The third-order valence-electron chi connectivity index (χ3n) is 4.65. The van der Waals surface area contributed by atoms with E-state index in [4.69, 9.17) is 0 Å². The van der Waals surface area contributed by atoms with Gasteiger partial charge in [0.05, 0.1) is 26.2 Å². The lowest BCUT2D eigenvalue weighted by Gasteiger charge is -1.97. The van der Waals surface area contributed by atoms with Crippen LogP contribution < -0.4 is 4.57 Å². The lowest BCUT2D eigenvalue weighted by atomic mass is 10.1. The average Bonchev–Trinajstić information content (AvgIpc) is 3.11. The van der Waals surface area contributed by atoms with Crippen LogP contribution in [-0.4, -0.2) is 14.1 Å². The molecule has 0 unspecified atom stereocenters. The Hall–Kier alpha value is -2.62. The summed E-state index contributed by atoms with van der Waals surface area (Å²) in [6.45, 7) is 0.938. The molecule has 0 fully saturated rings. The summed E-state index contributed by atoms with van der Waals surface area (Å²) >= 11 is 0. The summed E-state index contributed by atoms with van der Waals surface area (Å²) in [5.41, 5.74) is 7.46. The minimum atomic E-state index is 0.938. The second-order valence-electron chi connectivity index (χ2n) is 5.73. The van der Waals surface area contributed by atoms with Crippen molar-refractivity contribution in [3.05, 3.63) is 48.2 Å². The molecule has 21 heavy (non-hydrogen) atoms. The van der Waals surface area contributed by atoms with Crippen molar-refractivity contribution in [2.75, 3.05) is 0 Å². The summed E-state index contributed by atoms with van der Waals surface area (Å²) in [6, 6.07) is 12.8. The van der Waals surface area contributed by atoms with Gasteiger partial charge in [-0.2, -0.15) is 0 Å². The van der Waals surface area contributed by atoms with Crippen LogP contribution in [0.1, 0.15) is 5.56 Å². The first-order valence-electron chi connectivity index (χ1n) is 7.17. The number of imidazole rings is 1. The summed E-state index contributed by atoms with van der Waals surface area (Å²) in [7, 11) is 4.27. The van der Waals surface area contributed by atoms with Crippen LogP contribution in [0.3, 0.4) is 0 Å². The number of aryl methyl sites for hydroxylation is 2. The lowest BCUT2D eigenvalue weighted by molar-refractivity contribution is -0.648. The van der Waals surface area contributed by atoms with Crippen molar-refractivity contribution in [3.63, 3.8) is 0 Å². The van der Waals surface area contributed by atoms with Gasteiger partial charge in [-0.3, -0.25) is 9.13 Å². The van der Waals surface area contributed by atoms with Crippen molar-refractivity contribution in [2.45, 2.75) is 6.54 Å². The first-order valence-corrected chi connectivity index (χ1v) is 7.17. The minimum Gasteiger partial charge on any atom is -0.257 e. The van der Waals surface area contributed by atoms with Gasteiger partial charge in [0.15, 0.2) is 0 Å². The Kier molecular flexibility index (Phi) is 1.86.